The number of rotatable bonds is 10. The van der Waals surface area contributed by atoms with Gasteiger partial charge in [0.05, 0.1) is 19.3 Å². The Balaban J connectivity index is 2.39. The zero-order valence-corrected chi connectivity index (χ0v) is 13.7. The van der Waals surface area contributed by atoms with Gasteiger partial charge in [-0.15, -0.1) is 0 Å². The van der Waals surface area contributed by atoms with Gasteiger partial charge in [0.25, 0.3) is 0 Å². The molecule has 23 heavy (non-hydrogen) atoms. The molecule has 1 aromatic rings. The number of aldehydes is 1. The third-order valence-corrected chi connectivity index (χ3v) is 3.58. The normalized spacial score (nSPS) is 11.6. The van der Waals surface area contributed by atoms with Crippen molar-refractivity contribution in [2.45, 2.75) is 39.0 Å². The third-order valence-electron chi connectivity index (χ3n) is 3.58. The summed E-state index contributed by atoms with van der Waals surface area (Å²) in [5, 5.41) is 0. The van der Waals surface area contributed by atoms with Crippen LogP contribution in [0.1, 0.15) is 48.5 Å². The number of carbonyl (C=O) groups is 3. The van der Waals surface area contributed by atoms with Crippen molar-refractivity contribution in [2.75, 3.05) is 13.7 Å². The molecule has 0 aromatic heterocycles. The van der Waals surface area contributed by atoms with E-state index in [4.69, 9.17) is 4.74 Å². The number of unbranched alkanes of at least 4 members (excludes halogenated alkanes) is 1. The summed E-state index contributed by atoms with van der Waals surface area (Å²) in [6, 6.07) is 7.07. The van der Waals surface area contributed by atoms with Crippen molar-refractivity contribution in [1.29, 1.82) is 0 Å². The average Bonchev–Trinajstić information content (AvgIpc) is 2.57. The largest absolute Gasteiger partial charge is 0.466 e. The lowest BCUT2D eigenvalue weighted by Gasteiger charge is -2.10. The van der Waals surface area contributed by atoms with Crippen LogP contribution in [0.3, 0.4) is 0 Å². The standard InChI is InChI=1S/C18H24O5/c1-3-23-17(20)7-5-4-6-15(13-19)12-14-8-10-16(11-9-14)18(21)22-2/h8-11,13,15H,3-7,12H2,1-2H3. The molecular weight excluding hydrogens is 296 g/mol. The number of methoxy groups -OCH3 is 1. The predicted molar refractivity (Wildman–Crippen MR) is 86.1 cm³/mol. The van der Waals surface area contributed by atoms with Gasteiger partial charge in [0.15, 0.2) is 0 Å². The van der Waals surface area contributed by atoms with Gasteiger partial charge in [-0.2, -0.15) is 0 Å². The van der Waals surface area contributed by atoms with Crippen molar-refractivity contribution in [3.05, 3.63) is 35.4 Å². The van der Waals surface area contributed by atoms with E-state index < -0.39 is 0 Å². The highest BCUT2D eigenvalue weighted by Gasteiger charge is 2.11. The molecule has 0 radical (unpaired) electrons. The molecule has 1 unspecified atom stereocenters. The monoisotopic (exact) mass is 320 g/mol. The topological polar surface area (TPSA) is 69.7 Å². The molecule has 0 fully saturated rings. The first-order valence-electron chi connectivity index (χ1n) is 7.88. The molecule has 126 valence electrons. The summed E-state index contributed by atoms with van der Waals surface area (Å²) < 4.78 is 9.51. The Bertz CT molecular complexity index is 507. The Kier molecular flexibility index (Phi) is 8.65. The van der Waals surface area contributed by atoms with E-state index in [0.717, 1.165) is 31.1 Å². The lowest BCUT2D eigenvalue weighted by atomic mass is 9.94. The van der Waals surface area contributed by atoms with Gasteiger partial charge in [-0.1, -0.05) is 18.6 Å². The van der Waals surface area contributed by atoms with Crippen LogP contribution in [0.25, 0.3) is 0 Å². The van der Waals surface area contributed by atoms with E-state index in [-0.39, 0.29) is 17.9 Å². The zero-order valence-electron chi connectivity index (χ0n) is 13.7. The molecule has 1 atom stereocenters. The first-order chi connectivity index (χ1) is 11.1. The molecule has 0 heterocycles. The molecule has 0 aliphatic carbocycles. The van der Waals surface area contributed by atoms with E-state index in [1.165, 1.54) is 7.11 Å². The van der Waals surface area contributed by atoms with Crippen molar-refractivity contribution >= 4 is 18.2 Å². The molecule has 0 saturated carbocycles. The van der Waals surface area contributed by atoms with Crippen molar-refractivity contribution in [2.24, 2.45) is 5.92 Å². The third kappa shape index (κ3) is 7.08. The van der Waals surface area contributed by atoms with Crippen molar-refractivity contribution in [3.63, 3.8) is 0 Å². The van der Waals surface area contributed by atoms with Gasteiger partial charge in [-0.3, -0.25) is 4.79 Å². The Hall–Kier alpha value is -2.17. The molecular formula is C18H24O5. The van der Waals surface area contributed by atoms with E-state index in [0.29, 0.717) is 25.0 Å². The smallest absolute Gasteiger partial charge is 0.337 e. The zero-order chi connectivity index (χ0) is 17.1. The fourth-order valence-electron chi connectivity index (χ4n) is 2.32. The van der Waals surface area contributed by atoms with Crippen LogP contribution in [0.4, 0.5) is 0 Å². The summed E-state index contributed by atoms with van der Waals surface area (Å²) >= 11 is 0. The highest BCUT2D eigenvalue weighted by atomic mass is 16.5. The maximum absolute atomic E-state index is 11.4. The van der Waals surface area contributed by atoms with Crippen LogP contribution < -0.4 is 0 Å². The minimum atomic E-state index is -0.373. The van der Waals surface area contributed by atoms with Crippen LogP contribution in [-0.4, -0.2) is 31.9 Å². The Labute approximate surface area is 137 Å². The summed E-state index contributed by atoms with van der Waals surface area (Å²) in [5.74, 6) is -0.642. The number of ether oxygens (including phenoxy) is 2. The summed E-state index contributed by atoms with van der Waals surface area (Å²) in [7, 11) is 1.34. The van der Waals surface area contributed by atoms with Crippen LogP contribution in [0.5, 0.6) is 0 Å². The van der Waals surface area contributed by atoms with E-state index >= 15 is 0 Å². The average molecular weight is 320 g/mol. The second-order valence-electron chi connectivity index (χ2n) is 5.34. The van der Waals surface area contributed by atoms with Crippen molar-refractivity contribution in [1.82, 2.24) is 0 Å². The Morgan fingerprint density at radius 1 is 1.17 bits per heavy atom. The number of hydrogen-bond acceptors (Lipinski definition) is 5. The lowest BCUT2D eigenvalue weighted by molar-refractivity contribution is -0.143. The fraction of sp³-hybridized carbons (Fsp3) is 0.500. The Morgan fingerprint density at radius 2 is 1.87 bits per heavy atom. The number of esters is 2. The Morgan fingerprint density at radius 3 is 2.43 bits per heavy atom. The fourth-order valence-corrected chi connectivity index (χ4v) is 2.32. The van der Waals surface area contributed by atoms with Crippen LogP contribution in [0.2, 0.25) is 0 Å². The predicted octanol–water partition coefficient (Wildman–Crippen LogP) is 2.95. The summed E-state index contributed by atoms with van der Waals surface area (Å²) in [5.41, 5.74) is 1.49. The molecule has 0 aliphatic heterocycles. The summed E-state index contributed by atoms with van der Waals surface area (Å²) in [6.07, 6.45) is 4.25. The summed E-state index contributed by atoms with van der Waals surface area (Å²) in [4.78, 5) is 33.8. The molecule has 1 rings (SSSR count). The van der Waals surface area contributed by atoms with Gasteiger partial charge in [0, 0.05) is 12.3 Å². The molecule has 0 N–H and O–H groups in total. The van der Waals surface area contributed by atoms with Gasteiger partial charge in [0.2, 0.25) is 0 Å². The van der Waals surface area contributed by atoms with Gasteiger partial charge in [0.1, 0.15) is 6.29 Å². The quantitative estimate of drug-likeness (QED) is 0.376. The number of hydrogen-bond donors (Lipinski definition) is 0. The second kappa shape index (κ2) is 10.5. The maximum Gasteiger partial charge on any atom is 0.337 e. The van der Waals surface area contributed by atoms with Crippen LogP contribution in [-0.2, 0) is 25.5 Å². The lowest BCUT2D eigenvalue weighted by Crippen LogP contribution is -2.08. The molecule has 5 nitrogen and oxygen atoms in total. The van der Waals surface area contributed by atoms with Crippen molar-refractivity contribution in [3.8, 4) is 0 Å². The minimum Gasteiger partial charge on any atom is -0.466 e. The molecule has 1 aromatic carbocycles. The number of carbonyl (C=O) groups excluding carboxylic acids is 3. The molecule has 0 saturated heterocycles. The summed E-state index contributed by atoms with van der Waals surface area (Å²) in [6.45, 7) is 2.18. The van der Waals surface area contributed by atoms with E-state index in [9.17, 15) is 14.4 Å². The highest BCUT2D eigenvalue weighted by molar-refractivity contribution is 5.89. The first kappa shape index (κ1) is 18.9. The molecule has 0 aliphatic rings. The second-order valence-corrected chi connectivity index (χ2v) is 5.34. The highest BCUT2D eigenvalue weighted by Crippen LogP contribution is 2.15. The minimum absolute atomic E-state index is 0.0822. The number of benzene rings is 1. The van der Waals surface area contributed by atoms with Crippen molar-refractivity contribution < 1.29 is 23.9 Å². The van der Waals surface area contributed by atoms with E-state index in [2.05, 4.69) is 4.74 Å². The molecule has 0 bridgehead atoms. The van der Waals surface area contributed by atoms with Crippen LogP contribution in [0, 0.1) is 5.92 Å². The maximum atomic E-state index is 11.4. The van der Waals surface area contributed by atoms with Gasteiger partial charge < -0.3 is 14.3 Å². The molecule has 5 heteroatoms. The SMILES string of the molecule is CCOC(=O)CCCCC(C=O)Cc1ccc(C(=O)OC)cc1. The van der Waals surface area contributed by atoms with Crippen LogP contribution >= 0.6 is 0 Å². The molecule has 0 amide bonds. The van der Waals surface area contributed by atoms with E-state index in [1.54, 1.807) is 19.1 Å². The first-order valence-corrected chi connectivity index (χ1v) is 7.88. The van der Waals surface area contributed by atoms with Gasteiger partial charge >= 0.3 is 11.9 Å². The van der Waals surface area contributed by atoms with E-state index in [1.807, 2.05) is 12.1 Å². The van der Waals surface area contributed by atoms with Gasteiger partial charge in [-0.05, 0) is 43.9 Å². The molecule has 0 spiro atoms. The van der Waals surface area contributed by atoms with Crippen LogP contribution in [0.15, 0.2) is 24.3 Å². The van der Waals surface area contributed by atoms with Gasteiger partial charge in [-0.25, -0.2) is 4.79 Å².